The quantitative estimate of drug-likeness (QED) is 0.531. The van der Waals surface area contributed by atoms with Gasteiger partial charge in [0.1, 0.15) is 13.8 Å². The zero-order chi connectivity index (χ0) is 19.4. The molecule has 0 aromatic heterocycles. The van der Waals surface area contributed by atoms with E-state index >= 15 is 0 Å². The number of hydrogen-bond acceptors (Lipinski definition) is 2. The van der Waals surface area contributed by atoms with Crippen LogP contribution in [0.3, 0.4) is 0 Å². The Kier molecular flexibility index (Phi) is 7.31. The molecule has 0 saturated heterocycles. The molecule has 0 saturated carbocycles. The molecule has 0 bridgehead atoms. The van der Waals surface area contributed by atoms with Gasteiger partial charge in [0.15, 0.2) is 0 Å². The van der Waals surface area contributed by atoms with Crippen LogP contribution in [0.4, 0.5) is 5.69 Å². The lowest BCUT2D eigenvalue weighted by atomic mass is 10.1. The van der Waals surface area contributed by atoms with Gasteiger partial charge in [-0.25, -0.2) is 0 Å². The van der Waals surface area contributed by atoms with E-state index in [0.29, 0.717) is 16.6 Å². The van der Waals surface area contributed by atoms with E-state index in [4.69, 9.17) is 4.74 Å². The second-order valence-corrected chi connectivity index (χ2v) is 13.2. The fourth-order valence-corrected chi connectivity index (χ4v) is 9.02. The number of rotatable bonds is 5. The number of carbonyl (C=O) groups is 1. The number of amides is 1. The summed E-state index contributed by atoms with van der Waals surface area (Å²) in [6.07, 6.45) is 0. The topological polar surface area (TPSA) is 29.5 Å². The Balaban J connectivity index is 3.53. The van der Waals surface area contributed by atoms with Crippen LogP contribution in [0.5, 0.6) is 5.75 Å². The molecule has 1 aromatic carbocycles. The van der Waals surface area contributed by atoms with Gasteiger partial charge in [0.05, 0.1) is 12.8 Å². The highest BCUT2D eigenvalue weighted by Gasteiger charge is 2.41. The van der Waals surface area contributed by atoms with Gasteiger partial charge in [-0.15, -0.1) is 5.54 Å². The van der Waals surface area contributed by atoms with Crippen LogP contribution in [0.1, 0.15) is 54.0 Å². The predicted molar refractivity (Wildman–Crippen MR) is 110 cm³/mol. The van der Waals surface area contributed by atoms with E-state index in [1.807, 2.05) is 18.2 Å². The zero-order valence-electron chi connectivity index (χ0n) is 17.2. The molecular weight excluding hydrogens is 326 g/mol. The third-order valence-electron chi connectivity index (χ3n) is 5.32. The van der Waals surface area contributed by atoms with Crippen molar-refractivity contribution in [2.75, 3.05) is 19.1 Å². The monoisotopic (exact) mass is 359 g/mol. The van der Waals surface area contributed by atoms with Gasteiger partial charge >= 0.3 is 0 Å². The summed E-state index contributed by atoms with van der Waals surface area (Å²) < 4.78 is 5.32. The standard InChI is InChI=1S/C21H33NO2Si/c1-15(2)25(16(3)4,17(5)6)13-12-19-10-11-20(24-9)14-21(19)22(8)18(7)23/h10-11,14-17H,1-9H3. The molecular formula is C21H33NO2Si. The maximum absolute atomic E-state index is 11.9. The van der Waals surface area contributed by atoms with Gasteiger partial charge < -0.3 is 9.64 Å². The van der Waals surface area contributed by atoms with Crippen molar-refractivity contribution in [2.24, 2.45) is 0 Å². The SMILES string of the molecule is COc1ccc(C#C[Si](C(C)C)(C(C)C)C(C)C)c(N(C)C(C)=O)c1. The van der Waals surface area contributed by atoms with Crippen LogP contribution in [-0.2, 0) is 4.79 Å². The van der Waals surface area contributed by atoms with Gasteiger partial charge in [-0.3, -0.25) is 4.79 Å². The molecule has 0 N–H and O–H groups in total. The van der Waals surface area contributed by atoms with Crippen LogP contribution in [0.15, 0.2) is 18.2 Å². The number of methoxy groups -OCH3 is 1. The van der Waals surface area contributed by atoms with Gasteiger partial charge in [0, 0.05) is 25.6 Å². The summed E-state index contributed by atoms with van der Waals surface area (Å²) in [6.45, 7) is 15.4. The minimum absolute atomic E-state index is 0.0172. The molecule has 1 aromatic rings. The van der Waals surface area contributed by atoms with Crippen molar-refractivity contribution in [1.29, 1.82) is 0 Å². The Morgan fingerprint density at radius 3 is 2.00 bits per heavy atom. The van der Waals surface area contributed by atoms with Gasteiger partial charge in [-0.1, -0.05) is 47.5 Å². The smallest absolute Gasteiger partial charge is 0.223 e. The summed E-state index contributed by atoms with van der Waals surface area (Å²) >= 11 is 0. The molecule has 0 aliphatic rings. The van der Waals surface area contributed by atoms with Gasteiger partial charge in [0.2, 0.25) is 5.91 Å². The summed E-state index contributed by atoms with van der Waals surface area (Å²) in [5.41, 5.74) is 7.15. The summed E-state index contributed by atoms with van der Waals surface area (Å²) in [5.74, 6) is 4.16. The highest BCUT2D eigenvalue weighted by molar-refractivity contribution is 6.90. The van der Waals surface area contributed by atoms with E-state index in [9.17, 15) is 4.79 Å². The molecule has 1 rings (SSSR count). The fourth-order valence-electron chi connectivity index (χ4n) is 3.80. The van der Waals surface area contributed by atoms with E-state index < -0.39 is 8.07 Å². The van der Waals surface area contributed by atoms with E-state index in [2.05, 4.69) is 53.0 Å². The fraction of sp³-hybridized carbons (Fsp3) is 0.571. The molecule has 4 heteroatoms. The number of hydrogen-bond donors (Lipinski definition) is 0. The molecule has 1 amide bonds. The molecule has 0 unspecified atom stereocenters. The third-order valence-corrected chi connectivity index (χ3v) is 11.6. The van der Waals surface area contributed by atoms with Crippen LogP contribution in [0.25, 0.3) is 0 Å². The molecule has 25 heavy (non-hydrogen) atoms. The lowest BCUT2D eigenvalue weighted by Crippen LogP contribution is -2.43. The second-order valence-electron chi connectivity index (χ2n) is 7.61. The normalized spacial score (nSPS) is 11.5. The van der Waals surface area contributed by atoms with Crippen LogP contribution in [-0.4, -0.2) is 28.1 Å². The van der Waals surface area contributed by atoms with Gasteiger partial charge in [-0.05, 0) is 28.8 Å². The minimum atomic E-state index is -1.81. The van der Waals surface area contributed by atoms with Gasteiger partial charge in [0.25, 0.3) is 0 Å². The van der Waals surface area contributed by atoms with Crippen LogP contribution in [0, 0.1) is 11.5 Å². The van der Waals surface area contributed by atoms with Gasteiger partial charge in [-0.2, -0.15) is 0 Å². The van der Waals surface area contributed by atoms with Crippen LogP contribution in [0.2, 0.25) is 16.6 Å². The van der Waals surface area contributed by atoms with E-state index in [1.54, 1.807) is 26.0 Å². The molecule has 3 nitrogen and oxygen atoms in total. The van der Waals surface area contributed by atoms with Crippen molar-refractivity contribution < 1.29 is 9.53 Å². The summed E-state index contributed by atoms with van der Waals surface area (Å²) in [6, 6.07) is 5.75. The number of carbonyl (C=O) groups excluding carboxylic acids is 1. The number of anilines is 1. The molecule has 0 radical (unpaired) electrons. The highest BCUT2D eigenvalue weighted by atomic mass is 28.3. The molecule has 138 valence electrons. The molecule has 0 aliphatic carbocycles. The first-order valence-electron chi connectivity index (χ1n) is 9.03. The van der Waals surface area contributed by atoms with E-state index in [0.717, 1.165) is 17.0 Å². The Labute approximate surface area is 154 Å². The summed E-state index contributed by atoms with van der Waals surface area (Å²) in [7, 11) is 1.60. The zero-order valence-corrected chi connectivity index (χ0v) is 18.2. The largest absolute Gasteiger partial charge is 0.497 e. The molecule has 0 atom stereocenters. The third kappa shape index (κ3) is 4.46. The van der Waals surface area contributed by atoms with Crippen molar-refractivity contribution in [2.45, 2.75) is 65.1 Å². The van der Waals surface area contributed by atoms with Crippen molar-refractivity contribution in [3.63, 3.8) is 0 Å². The number of benzene rings is 1. The maximum atomic E-state index is 11.9. The molecule has 0 spiro atoms. The first-order chi connectivity index (χ1) is 11.6. The van der Waals surface area contributed by atoms with Crippen molar-refractivity contribution in [1.82, 2.24) is 0 Å². The molecule has 0 heterocycles. The summed E-state index contributed by atoms with van der Waals surface area (Å²) in [5, 5.41) is 0. The van der Waals surface area contributed by atoms with Crippen LogP contribution >= 0.6 is 0 Å². The lowest BCUT2D eigenvalue weighted by molar-refractivity contribution is -0.116. The average molecular weight is 360 g/mol. The average Bonchev–Trinajstić information content (AvgIpc) is 2.53. The molecule has 0 fully saturated rings. The second kappa shape index (κ2) is 8.58. The Hall–Kier alpha value is -1.73. The predicted octanol–water partition coefficient (Wildman–Crippen LogP) is 5.25. The number of nitrogens with zero attached hydrogens (tertiary/aromatic N) is 1. The maximum Gasteiger partial charge on any atom is 0.223 e. The van der Waals surface area contributed by atoms with Crippen molar-refractivity contribution >= 4 is 19.7 Å². The van der Waals surface area contributed by atoms with E-state index in [1.165, 1.54) is 0 Å². The first-order valence-corrected chi connectivity index (χ1v) is 11.3. The van der Waals surface area contributed by atoms with E-state index in [-0.39, 0.29) is 5.91 Å². The Morgan fingerprint density at radius 2 is 1.60 bits per heavy atom. The minimum Gasteiger partial charge on any atom is -0.497 e. The first kappa shape index (κ1) is 21.3. The van der Waals surface area contributed by atoms with Crippen LogP contribution < -0.4 is 9.64 Å². The van der Waals surface area contributed by atoms with Crippen molar-refractivity contribution in [3.8, 4) is 17.2 Å². The molecule has 0 aliphatic heterocycles. The Bertz CT molecular complexity index is 646. The highest BCUT2D eigenvalue weighted by Crippen LogP contribution is 2.41. The Morgan fingerprint density at radius 1 is 1.08 bits per heavy atom. The lowest BCUT2D eigenvalue weighted by Gasteiger charge is -2.38. The van der Waals surface area contributed by atoms with Crippen molar-refractivity contribution in [3.05, 3.63) is 23.8 Å². The number of ether oxygens (including phenoxy) is 1. The summed E-state index contributed by atoms with van der Waals surface area (Å²) in [4.78, 5) is 13.5.